The van der Waals surface area contributed by atoms with Crippen molar-refractivity contribution in [3.05, 3.63) is 481 Å². The molecule has 0 radical (unpaired) electrons. The Hall–Kier alpha value is -12.7. The zero-order valence-corrected chi connectivity index (χ0v) is 54.8. The van der Waals surface area contributed by atoms with Crippen LogP contribution >= 0.6 is 0 Å². The van der Waals surface area contributed by atoms with Gasteiger partial charge in [0.05, 0.1) is 16.2 Å². The van der Waals surface area contributed by atoms with Crippen LogP contribution < -0.4 is 4.90 Å². The Kier molecular flexibility index (Phi) is 12.2. The van der Waals surface area contributed by atoms with Crippen molar-refractivity contribution in [1.29, 1.82) is 0 Å². The fraction of sp³-hybridized carbons (Fsp3) is 0.0303. The third-order valence-corrected chi connectivity index (χ3v) is 23.0. The van der Waals surface area contributed by atoms with E-state index in [-0.39, 0.29) is 0 Å². The summed E-state index contributed by atoms with van der Waals surface area (Å²) in [4.78, 5) is 2.45. The highest BCUT2D eigenvalue weighted by Gasteiger charge is 2.52. The fourth-order valence-electron chi connectivity index (χ4n) is 19.1. The molecule has 0 N–H and O–H groups in total. The van der Waals surface area contributed by atoms with Crippen molar-refractivity contribution in [3.63, 3.8) is 0 Å². The molecule has 0 heterocycles. The molecule has 6 aliphatic carbocycles. The molecular formula is C99H63N. The number of fused-ring (bicyclic) bond motifs is 27. The molecule has 0 bridgehead atoms. The molecule has 1 heteroatoms. The highest BCUT2D eigenvalue weighted by molar-refractivity contribution is 6.03. The van der Waals surface area contributed by atoms with Crippen molar-refractivity contribution in [2.75, 3.05) is 4.90 Å². The molecule has 0 saturated carbocycles. The maximum Gasteiger partial charge on any atom is 0.0725 e. The predicted molar refractivity (Wildman–Crippen MR) is 413 cm³/mol. The monoisotopic (exact) mass is 1270 g/mol. The average Bonchev–Trinajstić information content (AvgIpc) is 1.53. The molecule has 100 heavy (non-hydrogen) atoms. The fourth-order valence-corrected chi connectivity index (χ4v) is 19.1. The van der Waals surface area contributed by atoms with Crippen molar-refractivity contribution < 1.29 is 0 Å². The van der Waals surface area contributed by atoms with E-state index in [1.165, 1.54) is 150 Å². The number of hydrogen-bond donors (Lipinski definition) is 0. The van der Waals surface area contributed by atoms with Crippen molar-refractivity contribution in [2.45, 2.75) is 16.2 Å². The topological polar surface area (TPSA) is 3.24 Å². The van der Waals surface area contributed by atoms with E-state index in [1.807, 2.05) is 0 Å². The Morgan fingerprint density at radius 3 is 0.540 bits per heavy atom. The summed E-state index contributed by atoms with van der Waals surface area (Å²) in [5.41, 5.74) is 39.5. The van der Waals surface area contributed by atoms with Crippen LogP contribution in [0.25, 0.3) is 68.3 Å². The lowest BCUT2D eigenvalue weighted by molar-refractivity contribution is 0.766. The van der Waals surface area contributed by atoms with E-state index in [2.05, 4.69) is 387 Å². The zero-order chi connectivity index (χ0) is 65.7. The van der Waals surface area contributed by atoms with Crippen LogP contribution in [0.4, 0.5) is 17.1 Å². The summed E-state index contributed by atoms with van der Waals surface area (Å²) in [7, 11) is 0. The Bertz CT molecular complexity index is 5300. The van der Waals surface area contributed by atoms with Gasteiger partial charge in [-0.1, -0.05) is 328 Å². The highest BCUT2D eigenvalue weighted by Crippen LogP contribution is 2.63. The van der Waals surface area contributed by atoms with Crippen LogP contribution in [0.1, 0.15) is 117 Å². The van der Waals surface area contributed by atoms with Gasteiger partial charge in [0, 0.05) is 17.1 Å². The lowest BCUT2D eigenvalue weighted by Crippen LogP contribution is -2.30. The first kappa shape index (κ1) is 56.5. The van der Waals surface area contributed by atoms with E-state index in [4.69, 9.17) is 0 Å². The molecule has 0 amide bonds. The van der Waals surface area contributed by atoms with Crippen LogP contribution in [0.15, 0.2) is 364 Å². The molecule has 0 aromatic heterocycles. The molecule has 15 aromatic carbocycles. The van der Waals surface area contributed by atoms with Crippen LogP contribution in [0, 0.1) is 0 Å². The molecule has 0 saturated heterocycles. The van der Waals surface area contributed by atoms with Crippen LogP contribution in [0.5, 0.6) is 0 Å². The van der Waals surface area contributed by atoms with Crippen molar-refractivity contribution in [3.8, 4) is 33.4 Å². The van der Waals surface area contributed by atoms with E-state index < -0.39 is 16.2 Å². The Balaban J connectivity index is 0.720. The van der Waals surface area contributed by atoms with Gasteiger partial charge in [-0.3, -0.25) is 0 Å². The Morgan fingerprint density at radius 1 is 0.150 bits per heavy atom. The van der Waals surface area contributed by atoms with E-state index in [0.29, 0.717) is 0 Å². The molecule has 15 aromatic rings. The van der Waals surface area contributed by atoms with Gasteiger partial charge in [-0.15, -0.1) is 0 Å². The second-order valence-electron chi connectivity index (χ2n) is 27.6. The molecular weight excluding hydrogens is 1200 g/mol. The summed E-state index contributed by atoms with van der Waals surface area (Å²) in [5.74, 6) is 0. The normalized spacial score (nSPS) is 14.8. The van der Waals surface area contributed by atoms with E-state index in [1.54, 1.807) is 0 Å². The van der Waals surface area contributed by atoms with Crippen molar-refractivity contribution >= 4 is 52.0 Å². The summed E-state index contributed by atoms with van der Waals surface area (Å²) in [6.07, 6.45) is 7.35. The van der Waals surface area contributed by atoms with Gasteiger partial charge in [0.2, 0.25) is 0 Å². The number of nitrogens with zero attached hydrogens (tertiary/aromatic N) is 1. The van der Waals surface area contributed by atoms with Gasteiger partial charge in [0.1, 0.15) is 0 Å². The van der Waals surface area contributed by atoms with Crippen LogP contribution in [0.3, 0.4) is 0 Å². The molecule has 21 rings (SSSR count). The number of hydrogen-bond acceptors (Lipinski definition) is 1. The summed E-state index contributed by atoms with van der Waals surface area (Å²) >= 11 is 0. The molecule has 0 unspecified atom stereocenters. The largest absolute Gasteiger partial charge is 0.311 e. The molecule has 464 valence electrons. The second kappa shape index (κ2) is 21.7. The van der Waals surface area contributed by atoms with E-state index in [0.717, 1.165) is 33.8 Å². The second-order valence-corrected chi connectivity index (χ2v) is 27.6. The Morgan fingerprint density at radius 2 is 0.320 bits per heavy atom. The first-order valence-electron chi connectivity index (χ1n) is 35.0. The van der Waals surface area contributed by atoms with Crippen LogP contribution in [-0.4, -0.2) is 0 Å². The SMILES string of the molecule is C1=C(c2ccc(N(c3ccc(C4=Cc5ccccc5C5(c6ccccc64)c4ccccc4-c4ccccc45)cc3)c3ccc(C4=Cc5ccccc5C5(c6ccccc64)c4ccccc4-c4ccccc45)cc3)cc2)c2ccccc2C2(c3ccccc31)c1ccccc1-c1ccccc12. The Labute approximate surface area is 583 Å². The molecule has 0 atom stereocenters. The van der Waals surface area contributed by atoms with Crippen molar-refractivity contribution in [1.82, 2.24) is 0 Å². The predicted octanol–water partition coefficient (Wildman–Crippen LogP) is 24.0. The van der Waals surface area contributed by atoms with Gasteiger partial charge >= 0.3 is 0 Å². The zero-order valence-electron chi connectivity index (χ0n) is 54.8. The van der Waals surface area contributed by atoms with Gasteiger partial charge < -0.3 is 4.90 Å². The van der Waals surface area contributed by atoms with Gasteiger partial charge in [0.25, 0.3) is 0 Å². The third-order valence-electron chi connectivity index (χ3n) is 23.0. The first-order valence-corrected chi connectivity index (χ1v) is 35.0. The van der Waals surface area contributed by atoms with E-state index >= 15 is 0 Å². The maximum atomic E-state index is 2.45. The van der Waals surface area contributed by atoms with Crippen LogP contribution in [-0.2, 0) is 16.2 Å². The summed E-state index contributed by atoms with van der Waals surface area (Å²) < 4.78 is 0. The highest BCUT2D eigenvalue weighted by atomic mass is 15.1. The minimum absolute atomic E-state index is 0.520. The standard InChI is InChI=1S/C99H63N/c1-13-37-85-67(25-1)61-82(79-34-10-22-46-94(79)97(85)88-40-16-4-28-73(88)74-29-5-17-41-89(74)97)64-49-55-70(56-50-64)100(71-57-51-65(52-58-71)83-62-68-26-2-14-38-86(68)98(95-47-23-11-35-80(83)95)90-42-18-6-30-75(90)76-31-7-19-43-91(76)98)72-59-53-66(54-60-72)84-63-69-27-3-15-39-87(69)99(96-48-24-12-36-81(84)96)92-44-20-8-32-77(92)78-33-9-21-45-93(78)99/h1-63H. The minimum Gasteiger partial charge on any atom is -0.311 e. The summed E-state index contributed by atoms with van der Waals surface area (Å²) in [6, 6.07) is 137. The lowest BCUT2D eigenvalue weighted by atomic mass is 9.66. The lowest BCUT2D eigenvalue weighted by Gasteiger charge is -2.35. The molecule has 0 fully saturated rings. The van der Waals surface area contributed by atoms with Gasteiger partial charge in [0.15, 0.2) is 0 Å². The third kappa shape index (κ3) is 7.66. The number of benzene rings is 15. The molecule has 3 spiro atoms. The van der Waals surface area contributed by atoms with Gasteiger partial charge in [-0.25, -0.2) is 0 Å². The van der Waals surface area contributed by atoms with E-state index in [9.17, 15) is 0 Å². The molecule has 6 aliphatic rings. The maximum absolute atomic E-state index is 2.45. The first-order chi connectivity index (χ1) is 49.6. The number of anilines is 3. The summed E-state index contributed by atoms with van der Waals surface area (Å²) in [6.45, 7) is 0. The smallest absolute Gasteiger partial charge is 0.0725 e. The minimum atomic E-state index is -0.520. The van der Waals surface area contributed by atoms with Crippen molar-refractivity contribution in [2.24, 2.45) is 0 Å². The van der Waals surface area contributed by atoms with Gasteiger partial charge in [-0.2, -0.15) is 0 Å². The van der Waals surface area contributed by atoms with Crippen LogP contribution in [0.2, 0.25) is 0 Å². The molecule has 0 aliphatic heterocycles. The molecule has 1 nitrogen and oxygen atoms in total. The van der Waals surface area contributed by atoms with Gasteiger partial charge in [-0.05, 0) is 222 Å². The summed E-state index contributed by atoms with van der Waals surface area (Å²) in [5, 5.41) is 0. The number of rotatable bonds is 6. The average molecular weight is 1270 g/mol. The quantitative estimate of drug-likeness (QED) is 0.160.